The van der Waals surface area contributed by atoms with Crippen LogP contribution in [-0.4, -0.2) is 49.9 Å². The van der Waals surface area contributed by atoms with Gasteiger partial charge in [-0.05, 0) is 40.5 Å². The number of hydrogen-bond acceptors (Lipinski definition) is 3. The minimum absolute atomic E-state index is 0.119. The van der Waals surface area contributed by atoms with E-state index < -0.39 is 36.6 Å². The summed E-state index contributed by atoms with van der Waals surface area (Å²) in [5.41, 5.74) is 1.05. The quantitative estimate of drug-likeness (QED) is 0.845. The topological polar surface area (TPSA) is 75.4 Å². The van der Waals surface area contributed by atoms with Crippen molar-refractivity contribution in [2.24, 2.45) is 0 Å². The Morgan fingerprint density at radius 2 is 1.88 bits per heavy atom. The third kappa shape index (κ3) is 4.13. The van der Waals surface area contributed by atoms with Crippen molar-refractivity contribution >= 4 is 11.9 Å². The van der Waals surface area contributed by atoms with Crippen molar-refractivity contribution in [3.05, 3.63) is 17.0 Å². The molecule has 2 unspecified atom stereocenters. The highest BCUT2D eigenvalue weighted by Gasteiger charge is 2.41. The summed E-state index contributed by atoms with van der Waals surface area (Å²) in [5, 5.41) is 13.1. The van der Waals surface area contributed by atoms with Crippen LogP contribution >= 0.6 is 0 Å². The van der Waals surface area contributed by atoms with Crippen molar-refractivity contribution < 1.29 is 27.9 Å². The summed E-state index contributed by atoms with van der Waals surface area (Å²) in [6, 6.07) is -1.10. The highest BCUT2D eigenvalue weighted by Crippen LogP contribution is 2.34. The Balaban J connectivity index is 2.31. The number of aryl methyl sites for hydroxylation is 1. The zero-order valence-corrected chi connectivity index (χ0v) is 14.6. The second kappa shape index (κ2) is 6.68. The molecule has 0 aliphatic heterocycles. The number of carboxylic acids is 1. The van der Waals surface area contributed by atoms with Gasteiger partial charge in [-0.15, -0.1) is 0 Å². The predicted octanol–water partition coefficient (Wildman–Crippen LogP) is 2.63. The zero-order chi connectivity index (χ0) is 19.1. The molecule has 1 aromatic rings. The molecule has 2 rings (SSSR count). The molecule has 9 heteroatoms. The molecule has 0 radical (unpaired) electrons. The number of hydrogen-bond donors (Lipinski definition) is 1. The fourth-order valence-electron chi connectivity index (χ4n) is 3.17. The van der Waals surface area contributed by atoms with Crippen LogP contribution in [0.25, 0.3) is 0 Å². The normalized spacial score (nSPS) is 17.2. The maximum atomic E-state index is 12.9. The Morgan fingerprint density at radius 3 is 2.32 bits per heavy atom. The van der Waals surface area contributed by atoms with Gasteiger partial charge >= 0.3 is 12.1 Å². The van der Waals surface area contributed by atoms with Gasteiger partial charge in [0.15, 0.2) is 0 Å². The number of rotatable bonds is 6. The van der Waals surface area contributed by atoms with Crippen molar-refractivity contribution in [1.82, 2.24) is 14.7 Å². The Kier molecular flexibility index (Phi) is 5.15. The Hall–Kier alpha value is -2.06. The van der Waals surface area contributed by atoms with E-state index in [1.807, 2.05) is 0 Å². The largest absolute Gasteiger partial charge is 0.480 e. The van der Waals surface area contributed by atoms with Crippen LogP contribution in [0.3, 0.4) is 0 Å². The molecule has 1 aliphatic rings. The van der Waals surface area contributed by atoms with E-state index in [9.17, 15) is 27.9 Å². The van der Waals surface area contributed by atoms with Crippen LogP contribution in [0.5, 0.6) is 0 Å². The van der Waals surface area contributed by atoms with E-state index >= 15 is 0 Å². The van der Waals surface area contributed by atoms with E-state index in [2.05, 4.69) is 5.10 Å². The van der Waals surface area contributed by atoms with Gasteiger partial charge in [-0.3, -0.25) is 9.48 Å². The lowest BCUT2D eigenvalue weighted by molar-refractivity contribution is -0.150. The second-order valence-electron chi connectivity index (χ2n) is 6.57. The third-order valence-electron chi connectivity index (χ3n) is 4.54. The number of amides is 1. The molecular formula is C16H22F3N3O3. The number of carbonyl (C=O) groups excluding carboxylic acids is 1. The van der Waals surface area contributed by atoms with Crippen LogP contribution < -0.4 is 0 Å². The molecule has 6 nitrogen and oxygen atoms in total. The molecule has 140 valence electrons. The Morgan fingerprint density at radius 1 is 1.32 bits per heavy atom. The maximum Gasteiger partial charge on any atom is 0.408 e. The average Bonchev–Trinajstić information content (AvgIpc) is 3.25. The summed E-state index contributed by atoms with van der Waals surface area (Å²) in [6.07, 6.45) is -2.94. The van der Waals surface area contributed by atoms with Crippen LogP contribution in [0.15, 0.2) is 0 Å². The van der Waals surface area contributed by atoms with Crippen molar-refractivity contribution in [1.29, 1.82) is 0 Å². The van der Waals surface area contributed by atoms with Gasteiger partial charge in [0.25, 0.3) is 0 Å². The van der Waals surface area contributed by atoms with Gasteiger partial charge < -0.3 is 10.0 Å². The molecule has 0 spiro atoms. The number of carboxylic acid groups (broad SMARTS) is 1. The molecule has 1 fully saturated rings. The molecule has 0 aromatic carbocycles. The number of nitrogens with zero attached hydrogens (tertiary/aromatic N) is 3. The van der Waals surface area contributed by atoms with Crippen LogP contribution in [0.2, 0.25) is 0 Å². The van der Waals surface area contributed by atoms with E-state index in [1.165, 1.54) is 18.7 Å². The van der Waals surface area contributed by atoms with Crippen molar-refractivity contribution in [3.63, 3.8) is 0 Å². The van der Waals surface area contributed by atoms with E-state index in [1.54, 1.807) is 13.8 Å². The van der Waals surface area contributed by atoms with Gasteiger partial charge in [-0.25, -0.2) is 4.79 Å². The molecule has 2 atom stereocenters. The first kappa shape index (κ1) is 19.3. The molecule has 0 bridgehead atoms. The molecule has 1 aliphatic carbocycles. The number of aliphatic carboxylic acids is 1. The lowest BCUT2D eigenvalue weighted by Gasteiger charge is -2.29. The van der Waals surface area contributed by atoms with Gasteiger partial charge in [0.05, 0.1) is 11.6 Å². The molecule has 1 heterocycles. The lowest BCUT2D eigenvalue weighted by Crippen LogP contribution is -2.46. The molecule has 0 saturated heterocycles. The number of carbonyl (C=O) groups is 2. The first-order valence-corrected chi connectivity index (χ1v) is 8.09. The molecule has 1 aromatic heterocycles. The van der Waals surface area contributed by atoms with Crippen LogP contribution in [0.4, 0.5) is 13.2 Å². The Bertz CT molecular complexity index is 680. The SMILES string of the molecule is Cc1nn(CC(F)(F)F)c(C)c1C(C)C(=O)N(C1CC1)C(C)C(=O)O. The van der Waals surface area contributed by atoms with Gasteiger partial charge in [0, 0.05) is 17.3 Å². The summed E-state index contributed by atoms with van der Waals surface area (Å²) in [6.45, 7) is 4.85. The van der Waals surface area contributed by atoms with Crippen LogP contribution in [0, 0.1) is 13.8 Å². The average molecular weight is 361 g/mol. The minimum Gasteiger partial charge on any atom is -0.480 e. The van der Waals surface area contributed by atoms with Gasteiger partial charge in [0.2, 0.25) is 5.91 Å². The molecule has 25 heavy (non-hydrogen) atoms. The number of aromatic nitrogens is 2. The van der Waals surface area contributed by atoms with E-state index in [4.69, 9.17) is 0 Å². The van der Waals surface area contributed by atoms with Crippen molar-refractivity contribution in [3.8, 4) is 0 Å². The summed E-state index contributed by atoms with van der Waals surface area (Å²) in [5.74, 6) is -2.26. The summed E-state index contributed by atoms with van der Waals surface area (Å²) >= 11 is 0. The maximum absolute atomic E-state index is 12.9. The first-order valence-electron chi connectivity index (χ1n) is 8.09. The monoisotopic (exact) mass is 361 g/mol. The smallest absolute Gasteiger partial charge is 0.408 e. The van der Waals surface area contributed by atoms with E-state index in [-0.39, 0.29) is 11.7 Å². The van der Waals surface area contributed by atoms with Crippen LogP contribution in [-0.2, 0) is 16.1 Å². The number of alkyl halides is 3. The molecule has 1 N–H and O–H groups in total. The van der Waals surface area contributed by atoms with E-state index in [0.717, 1.165) is 17.5 Å². The fraction of sp³-hybridized carbons (Fsp3) is 0.688. The first-order chi connectivity index (χ1) is 11.4. The summed E-state index contributed by atoms with van der Waals surface area (Å²) < 4.78 is 38.8. The fourth-order valence-corrected chi connectivity index (χ4v) is 3.17. The number of halogens is 3. The van der Waals surface area contributed by atoms with Gasteiger partial charge in [0.1, 0.15) is 12.6 Å². The van der Waals surface area contributed by atoms with Crippen molar-refractivity contribution in [2.75, 3.05) is 0 Å². The molecule has 1 saturated carbocycles. The molecular weight excluding hydrogens is 339 g/mol. The lowest BCUT2D eigenvalue weighted by atomic mass is 9.96. The van der Waals surface area contributed by atoms with Gasteiger partial charge in [-0.1, -0.05) is 0 Å². The third-order valence-corrected chi connectivity index (χ3v) is 4.54. The molecule has 1 amide bonds. The summed E-state index contributed by atoms with van der Waals surface area (Å²) in [7, 11) is 0. The summed E-state index contributed by atoms with van der Waals surface area (Å²) in [4.78, 5) is 25.5. The zero-order valence-electron chi connectivity index (χ0n) is 14.6. The minimum atomic E-state index is -4.41. The van der Waals surface area contributed by atoms with Crippen molar-refractivity contribution in [2.45, 2.75) is 71.3 Å². The highest BCUT2D eigenvalue weighted by molar-refractivity contribution is 5.88. The van der Waals surface area contributed by atoms with Crippen LogP contribution in [0.1, 0.15) is 49.6 Å². The second-order valence-corrected chi connectivity index (χ2v) is 6.57. The van der Waals surface area contributed by atoms with E-state index in [0.29, 0.717) is 11.3 Å². The predicted molar refractivity (Wildman–Crippen MR) is 83.1 cm³/mol. The highest BCUT2D eigenvalue weighted by atomic mass is 19.4. The van der Waals surface area contributed by atoms with Gasteiger partial charge in [-0.2, -0.15) is 18.3 Å². The standard InChI is InChI=1S/C16H22F3N3O3/c1-8(14(23)22(12-5-6-12)11(4)15(24)25)13-9(2)20-21(10(13)3)7-16(17,18)19/h8,11-12H,5-7H2,1-4H3,(H,24,25). The Labute approximate surface area is 143 Å².